The van der Waals surface area contributed by atoms with Crippen LogP contribution in [0, 0.1) is 18.3 Å². The number of carbonyl (C=O) groups excluding carboxylic acids is 2. The topological polar surface area (TPSA) is 74.1 Å². The Morgan fingerprint density at radius 2 is 1.93 bits per heavy atom. The van der Waals surface area contributed by atoms with Crippen molar-refractivity contribution in [1.82, 2.24) is 4.98 Å². The Bertz CT molecular complexity index is 1000. The SMILES string of the molecule is Cc1cc(C(F)(F)F)nc(SC2CC(=O)N(c3ccc(Cl)cc3)C2=O)c1C#N. The normalized spacial score (nSPS) is 17.1. The van der Waals surface area contributed by atoms with Gasteiger partial charge in [0.15, 0.2) is 0 Å². The number of hydrogen-bond donors (Lipinski definition) is 0. The standard InChI is InChI=1S/C18H11ClF3N3O2S/c1-9-6-14(18(20,21)22)24-16(12(9)8-23)28-13-7-15(26)25(17(13)27)11-4-2-10(19)3-5-11/h2-6,13H,7H2,1H3. The first-order chi connectivity index (χ1) is 13.1. The fraction of sp³-hybridized carbons (Fsp3) is 0.222. The van der Waals surface area contributed by atoms with Crippen LogP contribution in [0.15, 0.2) is 35.4 Å². The van der Waals surface area contributed by atoms with E-state index in [-0.39, 0.29) is 22.6 Å². The third-order valence-corrected chi connectivity index (χ3v) is 5.45. The Morgan fingerprint density at radius 1 is 1.29 bits per heavy atom. The van der Waals surface area contributed by atoms with Gasteiger partial charge in [0.1, 0.15) is 16.8 Å². The summed E-state index contributed by atoms with van der Waals surface area (Å²) in [5.41, 5.74) is -0.795. The number of imide groups is 1. The summed E-state index contributed by atoms with van der Waals surface area (Å²) < 4.78 is 39.2. The molecule has 5 nitrogen and oxygen atoms in total. The summed E-state index contributed by atoms with van der Waals surface area (Å²) in [6.07, 6.45) is -4.91. The van der Waals surface area contributed by atoms with Crippen molar-refractivity contribution in [1.29, 1.82) is 5.26 Å². The Morgan fingerprint density at radius 3 is 2.50 bits per heavy atom. The molecule has 1 aromatic heterocycles. The summed E-state index contributed by atoms with van der Waals surface area (Å²) in [6, 6.07) is 8.63. The van der Waals surface area contributed by atoms with Crippen molar-refractivity contribution in [2.75, 3.05) is 4.90 Å². The van der Waals surface area contributed by atoms with Crippen LogP contribution in [-0.4, -0.2) is 22.0 Å². The lowest BCUT2D eigenvalue weighted by atomic mass is 10.1. The third kappa shape index (κ3) is 3.84. The smallest absolute Gasteiger partial charge is 0.274 e. The molecule has 28 heavy (non-hydrogen) atoms. The molecule has 0 saturated carbocycles. The first-order valence-electron chi connectivity index (χ1n) is 7.89. The zero-order chi connectivity index (χ0) is 20.6. The van der Waals surface area contributed by atoms with Gasteiger partial charge in [0.2, 0.25) is 11.8 Å². The molecule has 1 unspecified atom stereocenters. The predicted octanol–water partition coefficient (Wildman–Crippen LogP) is 4.36. The summed E-state index contributed by atoms with van der Waals surface area (Å²) in [6.45, 7) is 1.36. The number of nitriles is 1. The fourth-order valence-electron chi connectivity index (χ4n) is 2.70. The van der Waals surface area contributed by atoms with E-state index in [0.29, 0.717) is 22.5 Å². The molecule has 1 saturated heterocycles. The van der Waals surface area contributed by atoms with Crippen LogP contribution in [0.5, 0.6) is 0 Å². The monoisotopic (exact) mass is 425 g/mol. The van der Waals surface area contributed by atoms with Crippen molar-refractivity contribution in [3.8, 4) is 6.07 Å². The number of aromatic nitrogens is 1. The third-order valence-electron chi connectivity index (χ3n) is 4.03. The van der Waals surface area contributed by atoms with Crippen molar-refractivity contribution in [3.63, 3.8) is 0 Å². The van der Waals surface area contributed by atoms with Crippen molar-refractivity contribution < 1.29 is 22.8 Å². The summed E-state index contributed by atoms with van der Waals surface area (Å²) in [4.78, 5) is 29.5. The zero-order valence-electron chi connectivity index (χ0n) is 14.2. The number of anilines is 1. The Labute approximate surface area is 167 Å². The van der Waals surface area contributed by atoms with E-state index in [4.69, 9.17) is 11.6 Å². The van der Waals surface area contributed by atoms with Gasteiger partial charge in [-0.25, -0.2) is 9.88 Å². The number of pyridine rings is 1. The molecule has 10 heteroatoms. The van der Waals surface area contributed by atoms with Crippen molar-refractivity contribution in [2.45, 2.75) is 29.8 Å². The first kappa shape index (κ1) is 20.2. The summed E-state index contributed by atoms with van der Waals surface area (Å²) in [5, 5.41) is 8.50. The molecule has 0 N–H and O–H groups in total. The van der Waals surface area contributed by atoms with Gasteiger partial charge in [-0.2, -0.15) is 18.4 Å². The van der Waals surface area contributed by atoms with Crippen LogP contribution >= 0.6 is 23.4 Å². The molecule has 2 aromatic rings. The second-order valence-electron chi connectivity index (χ2n) is 5.97. The number of alkyl halides is 3. The zero-order valence-corrected chi connectivity index (χ0v) is 15.8. The maximum Gasteiger partial charge on any atom is 0.433 e. The summed E-state index contributed by atoms with van der Waals surface area (Å²) in [5.74, 6) is -1.08. The van der Waals surface area contributed by atoms with E-state index in [2.05, 4.69) is 4.98 Å². The van der Waals surface area contributed by atoms with Crippen LogP contribution in [0.25, 0.3) is 0 Å². The lowest BCUT2D eigenvalue weighted by Gasteiger charge is -2.16. The van der Waals surface area contributed by atoms with Gasteiger partial charge in [0.05, 0.1) is 16.5 Å². The van der Waals surface area contributed by atoms with E-state index in [9.17, 15) is 28.0 Å². The average molecular weight is 426 g/mol. The predicted molar refractivity (Wildman–Crippen MR) is 96.9 cm³/mol. The summed E-state index contributed by atoms with van der Waals surface area (Å²) >= 11 is 6.49. The van der Waals surface area contributed by atoms with E-state index in [1.807, 2.05) is 6.07 Å². The first-order valence-corrected chi connectivity index (χ1v) is 9.15. The van der Waals surface area contributed by atoms with E-state index >= 15 is 0 Å². The van der Waals surface area contributed by atoms with Gasteiger partial charge in [-0.05, 0) is 42.8 Å². The highest BCUT2D eigenvalue weighted by Gasteiger charge is 2.41. The van der Waals surface area contributed by atoms with E-state index in [1.165, 1.54) is 31.2 Å². The van der Waals surface area contributed by atoms with Crippen LogP contribution < -0.4 is 4.90 Å². The molecule has 1 aromatic carbocycles. The second kappa shape index (κ2) is 7.45. The Hall–Kier alpha value is -2.57. The highest BCUT2D eigenvalue weighted by molar-refractivity contribution is 8.00. The lowest BCUT2D eigenvalue weighted by molar-refractivity contribution is -0.141. The molecule has 2 amide bonds. The quantitative estimate of drug-likeness (QED) is 0.683. The number of halogens is 4. The largest absolute Gasteiger partial charge is 0.433 e. The maximum absolute atomic E-state index is 13.1. The van der Waals surface area contributed by atoms with Gasteiger partial charge in [-0.15, -0.1) is 0 Å². The molecule has 3 rings (SSSR count). The Balaban J connectivity index is 1.93. The van der Waals surface area contributed by atoms with Gasteiger partial charge >= 0.3 is 6.18 Å². The molecule has 1 aliphatic rings. The number of carbonyl (C=O) groups is 2. The van der Waals surface area contributed by atoms with Crippen LogP contribution in [0.3, 0.4) is 0 Å². The minimum atomic E-state index is -4.70. The molecular formula is C18H11ClF3N3O2S. The van der Waals surface area contributed by atoms with Gasteiger partial charge in [-0.3, -0.25) is 9.59 Å². The second-order valence-corrected chi connectivity index (χ2v) is 7.60. The molecule has 1 atom stereocenters. The van der Waals surface area contributed by atoms with Gasteiger partial charge < -0.3 is 0 Å². The number of nitrogens with zero attached hydrogens (tertiary/aromatic N) is 3. The van der Waals surface area contributed by atoms with Crippen LogP contribution in [0.1, 0.15) is 23.2 Å². The molecule has 0 radical (unpaired) electrons. The molecule has 1 aliphatic heterocycles. The van der Waals surface area contributed by atoms with Crippen LogP contribution in [0.2, 0.25) is 5.02 Å². The minimum Gasteiger partial charge on any atom is -0.274 e. The number of thioether (sulfide) groups is 1. The van der Waals surface area contributed by atoms with Gasteiger partial charge in [0, 0.05) is 11.4 Å². The van der Waals surface area contributed by atoms with E-state index in [0.717, 1.165) is 11.0 Å². The molecule has 0 aliphatic carbocycles. The Kier molecular flexibility index (Phi) is 5.37. The van der Waals surface area contributed by atoms with E-state index in [1.54, 1.807) is 0 Å². The van der Waals surface area contributed by atoms with Crippen LogP contribution in [-0.2, 0) is 15.8 Å². The number of rotatable bonds is 3. The maximum atomic E-state index is 13.1. The number of amides is 2. The highest BCUT2D eigenvalue weighted by atomic mass is 35.5. The molecule has 2 heterocycles. The molecule has 144 valence electrons. The molecule has 1 fully saturated rings. The molecule has 0 bridgehead atoms. The van der Waals surface area contributed by atoms with Gasteiger partial charge in [0.25, 0.3) is 0 Å². The van der Waals surface area contributed by atoms with E-state index < -0.39 is 28.9 Å². The van der Waals surface area contributed by atoms with Crippen LogP contribution in [0.4, 0.5) is 18.9 Å². The number of hydrogen-bond acceptors (Lipinski definition) is 5. The molecular weight excluding hydrogens is 415 g/mol. The highest BCUT2D eigenvalue weighted by Crippen LogP contribution is 2.37. The number of aryl methyl sites for hydroxylation is 1. The lowest BCUT2D eigenvalue weighted by Crippen LogP contribution is -2.31. The fourth-order valence-corrected chi connectivity index (χ4v) is 4.01. The van der Waals surface area contributed by atoms with Crippen molar-refractivity contribution in [2.24, 2.45) is 0 Å². The average Bonchev–Trinajstić information content (AvgIpc) is 2.88. The summed E-state index contributed by atoms with van der Waals surface area (Å²) in [7, 11) is 0. The molecule has 0 spiro atoms. The number of benzene rings is 1. The minimum absolute atomic E-state index is 0.0526. The van der Waals surface area contributed by atoms with Gasteiger partial charge in [-0.1, -0.05) is 23.4 Å². The van der Waals surface area contributed by atoms with Crippen molar-refractivity contribution >= 4 is 40.9 Å². The van der Waals surface area contributed by atoms with Crippen molar-refractivity contribution in [3.05, 3.63) is 52.2 Å².